The van der Waals surface area contributed by atoms with Crippen molar-refractivity contribution in [2.24, 2.45) is 0 Å². The van der Waals surface area contributed by atoms with E-state index in [-0.39, 0.29) is 24.4 Å². The lowest BCUT2D eigenvalue weighted by Crippen LogP contribution is -2.31. The Balaban J connectivity index is 1.71. The topological polar surface area (TPSA) is 92.8 Å². The summed E-state index contributed by atoms with van der Waals surface area (Å²) < 4.78 is 32.0. The number of benzene rings is 2. The van der Waals surface area contributed by atoms with E-state index < -0.39 is 21.9 Å². The van der Waals surface area contributed by atoms with E-state index in [1.54, 1.807) is 31.2 Å². The van der Waals surface area contributed by atoms with Gasteiger partial charge in [0.2, 0.25) is 10.0 Å². The van der Waals surface area contributed by atoms with Crippen molar-refractivity contribution in [1.82, 2.24) is 0 Å². The van der Waals surface area contributed by atoms with Crippen molar-refractivity contribution in [2.75, 3.05) is 22.5 Å². The maximum Gasteiger partial charge on any atom is 0.341 e. The third-order valence-corrected chi connectivity index (χ3v) is 8.20. The lowest BCUT2D eigenvalue weighted by atomic mass is 9.95. The number of nitrogens with one attached hydrogen (secondary N) is 1. The third-order valence-electron chi connectivity index (χ3n) is 5.86. The van der Waals surface area contributed by atoms with E-state index in [1.165, 1.54) is 15.6 Å². The molecule has 1 aliphatic carbocycles. The number of fused-ring (bicyclic) bond motifs is 1. The van der Waals surface area contributed by atoms with Crippen LogP contribution in [0.2, 0.25) is 0 Å². The van der Waals surface area contributed by atoms with Crippen LogP contribution in [0.3, 0.4) is 0 Å². The van der Waals surface area contributed by atoms with Gasteiger partial charge in [0.05, 0.1) is 36.2 Å². The second-order valence-corrected chi connectivity index (χ2v) is 11.4. The summed E-state index contributed by atoms with van der Waals surface area (Å²) in [5.74, 6) is -0.927. The van der Waals surface area contributed by atoms with Gasteiger partial charge in [-0.05, 0) is 55.9 Å². The van der Waals surface area contributed by atoms with Gasteiger partial charge in [0.15, 0.2) is 0 Å². The number of aryl methyl sites for hydroxylation is 1. The Bertz CT molecular complexity index is 1330. The van der Waals surface area contributed by atoms with Crippen molar-refractivity contribution in [3.63, 3.8) is 0 Å². The summed E-state index contributed by atoms with van der Waals surface area (Å²) in [6, 6.07) is 15.8. The lowest BCUT2D eigenvalue weighted by Gasteiger charge is -2.24. The SMILES string of the molecule is CCOC(=O)c1c(NC(=O)c2ccccc2N(Cc2ccccc2)S(C)(=O)=O)sc2c1CCCC2. The summed E-state index contributed by atoms with van der Waals surface area (Å²) in [5.41, 5.74) is 2.64. The number of nitrogens with zero attached hydrogens (tertiary/aromatic N) is 1. The maximum atomic E-state index is 13.5. The summed E-state index contributed by atoms with van der Waals surface area (Å²) in [5, 5.41) is 3.34. The molecule has 1 heterocycles. The number of amides is 1. The molecule has 3 aromatic rings. The van der Waals surface area contributed by atoms with E-state index >= 15 is 0 Å². The van der Waals surface area contributed by atoms with Crippen LogP contribution in [0, 0.1) is 0 Å². The van der Waals surface area contributed by atoms with Gasteiger partial charge in [0.1, 0.15) is 5.00 Å². The van der Waals surface area contributed by atoms with E-state index in [9.17, 15) is 18.0 Å². The minimum atomic E-state index is -3.69. The number of thiophene rings is 1. The smallest absolute Gasteiger partial charge is 0.341 e. The molecule has 9 heteroatoms. The van der Waals surface area contributed by atoms with Crippen molar-refractivity contribution in [1.29, 1.82) is 0 Å². The molecule has 4 rings (SSSR count). The van der Waals surface area contributed by atoms with E-state index in [1.807, 2.05) is 30.3 Å². The van der Waals surface area contributed by atoms with Gasteiger partial charge in [0.25, 0.3) is 5.91 Å². The molecule has 2 aromatic carbocycles. The van der Waals surface area contributed by atoms with Crippen LogP contribution < -0.4 is 9.62 Å². The van der Waals surface area contributed by atoms with Gasteiger partial charge in [-0.2, -0.15) is 0 Å². The number of anilines is 2. The first kappa shape index (κ1) is 24.9. The number of rotatable bonds is 8. The van der Waals surface area contributed by atoms with Gasteiger partial charge in [-0.3, -0.25) is 9.10 Å². The number of hydrogen-bond donors (Lipinski definition) is 1. The Hall–Kier alpha value is -3.17. The molecule has 0 aliphatic heterocycles. The van der Waals surface area contributed by atoms with Crippen LogP contribution in [0.15, 0.2) is 54.6 Å². The first-order chi connectivity index (χ1) is 16.8. The second-order valence-electron chi connectivity index (χ2n) is 8.36. The summed E-state index contributed by atoms with van der Waals surface area (Å²) in [7, 11) is -3.69. The molecule has 7 nitrogen and oxygen atoms in total. The zero-order chi connectivity index (χ0) is 25.0. The van der Waals surface area contributed by atoms with Crippen LogP contribution in [0.1, 0.15) is 56.5 Å². The lowest BCUT2D eigenvalue weighted by molar-refractivity contribution is 0.0526. The van der Waals surface area contributed by atoms with Gasteiger partial charge in [-0.1, -0.05) is 42.5 Å². The summed E-state index contributed by atoms with van der Waals surface area (Å²) >= 11 is 1.40. The Morgan fingerprint density at radius 3 is 2.43 bits per heavy atom. The van der Waals surface area contributed by atoms with Crippen LogP contribution in [-0.4, -0.2) is 33.2 Å². The van der Waals surface area contributed by atoms with Crippen LogP contribution >= 0.6 is 11.3 Å². The molecular weight excluding hydrogens is 484 g/mol. The predicted octanol–water partition coefficient (Wildman–Crippen LogP) is 5.02. The molecule has 1 N–H and O–H groups in total. The van der Waals surface area contributed by atoms with Crippen molar-refractivity contribution in [2.45, 2.75) is 39.2 Å². The van der Waals surface area contributed by atoms with E-state index in [4.69, 9.17) is 4.74 Å². The molecule has 0 unspecified atom stereocenters. The summed E-state index contributed by atoms with van der Waals surface area (Å²) in [6.45, 7) is 2.07. The van der Waals surface area contributed by atoms with E-state index in [0.29, 0.717) is 10.6 Å². The highest BCUT2D eigenvalue weighted by Crippen LogP contribution is 2.39. The third kappa shape index (κ3) is 5.57. The zero-order valence-corrected chi connectivity index (χ0v) is 21.4. The highest BCUT2D eigenvalue weighted by atomic mass is 32.2. The number of ether oxygens (including phenoxy) is 1. The molecule has 1 amide bonds. The Morgan fingerprint density at radius 1 is 1.03 bits per heavy atom. The normalized spacial score (nSPS) is 13.1. The fourth-order valence-electron chi connectivity index (χ4n) is 4.26. The van der Waals surface area contributed by atoms with Gasteiger partial charge < -0.3 is 10.1 Å². The first-order valence-corrected chi connectivity index (χ1v) is 14.2. The van der Waals surface area contributed by atoms with Crippen LogP contribution in [0.5, 0.6) is 0 Å². The molecule has 0 bridgehead atoms. The fraction of sp³-hybridized carbons (Fsp3) is 0.308. The van der Waals surface area contributed by atoms with Gasteiger partial charge in [-0.25, -0.2) is 13.2 Å². The highest BCUT2D eigenvalue weighted by molar-refractivity contribution is 7.92. The van der Waals surface area contributed by atoms with Gasteiger partial charge in [-0.15, -0.1) is 11.3 Å². The number of hydrogen-bond acceptors (Lipinski definition) is 6. The molecule has 0 spiro atoms. The van der Waals surface area contributed by atoms with Gasteiger partial charge in [0, 0.05) is 4.88 Å². The van der Waals surface area contributed by atoms with Crippen molar-refractivity contribution in [3.05, 3.63) is 81.7 Å². The number of sulfonamides is 1. The molecule has 0 radical (unpaired) electrons. The molecule has 184 valence electrons. The molecule has 0 fully saturated rings. The molecule has 1 aromatic heterocycles. The molecule has 0 atom stereocenters. The van der Waals surface area contributed by atoms with Crippen molar-refractivity contribution in [3.8, 4) is 0 Å². The average molecular weight is 513 g/mol. The second kappa shape index (κ2) is 10.6. The van der Waals surface area contributed by atoms with Crippen molar-refractivity contribution < 1.29 is 22.7 Å². The molecule has 0 saturated carbocycles. The number of carbonyl (C=O) groups is 2. The largest absolute Gasteiger partial charge is 0.462 e. The molecular formula is C26H28N2O5S2. The number of carbonyl (C=O) groups excluding carboxylic acids is 2. The minimum Gasteiger partial charge on any atom is -0.462 e. The molecule has 1 aliphatic rings. The van der Waals surface area contributed by atoms with Crippen LogP contribution in [0.4, 0.5) is 10.7 Å². The molecule has 0 saturated heterocycles. The van der Waals surface area contributed by atoms with Crippen LogP contribution in [0.25, 0.3) is 0 Å². The predicted molar refractivity (Wildman–Crippen MR) is 139 cm³/mol. The van der Waals surface area contributed by atoms with Crippen molar-refractivity contribution >= 4 is 43.9 Å². The molecule has 35 heavy (non-hydrogen) atoms. The Labute approximate surface area is 209 Å². The fourth-order valence-corrected chi connectivity index (χ4v) is 6.43. The first-order valence-electron chi connectivity index (χ1n) is 11.5. The monoisotopic (exact) mass is 512 g/mol. The Morgan fingerprint density at radius 2 is 1.71 bits per heavy atom. The van der Waals surface area contributed by atoms with Crippen LogP contribution in [-0.2, 0) is 34.1 Å². The zero-order valence-electron chi connectivity index (χ0n) is 19.7. The summed E-state index contributed by atoms with van der Waals surface area (Å²) in [4.78, 5) is 27.3. The standard InChI is InChI=1S/C26H28N2O5S2/c1-3-33-26(30)23-20-14-8-10-16-22(20)34-25(23)27-24(29)19-13-7-9-15-21(19)28(35(2,31)32)17-18-11-5-4-6-12-18/h4-7,9,11-13,15H,3,8,10,14,16-17H2,1-2H3,(H,27,29). The van der Waals surface area contributed by atoms with E-state index in [0.717, 1.165) is 47.9 Å². The quantitative estimate of drug-likeness (QED) is 0.428. The average Bonchev–Trinajstić information content (AvgIpc) is 3.20. The van der Waals surface area contributed by atoms with Gasteiger partial charge >= 0.3 is 5.97 Å². The Kier molecular flexibility index (Phi) is 7.57. The number of para-hydroxylation sites is 1. The van der Waals surface area contributed by atoms with E-state index in [2.05, 4.69) is 5.32 Å². The number of esters is 1. The highest BCUT2D eigenvalue weighted by Gasteiger charge is 2.29. The maximum absolute atomic E-state index is 13.5. The summed E-state index contributed by atoms with van der Waals surface area (Å²) in [6.07, 6.45) is 4.77. The minimum absolute atomic E-state index is 0.0886.